The van der Waals surface area contributed by atoms with Crippen molar-refractivity contribution in [2.45, 2.75) is 42.8 Å². The summed E-state index contributed by atoms with van der Waals surface area (Å²) >= 11 is 0.653. The summed E-state index contributed by atoms with van der Waals surface area (Å²) in [6.07, 6.45) is -2.80. The Morgan fingerprint density at radius 1 is 1.23 bits per heavy atom. The molecule has 0 radical (unpaired) electrons. The summed E-state index contributed by atoms with van der Waals surface area (Å²) in [5, 5.41) is 18.6. The number of alkyl halides is 3. The number of anilines is 1. The molecule has 5 heterocycles. The topological polar surface area (TPSA) is 127 Å². The third-order valence-electron chi connectivity index (χ3n) is 5.86. The second-order valence-corrected chi connectivity index (χ2v) is 11.6. The van der Waals surface area contributed by atoms with E-state index < -0.39 is 33.7 Å². The van der Waals surface area contributed by atoms with E-state index in [0.717, 1.165) is 0 Å². The molecule has 0 saturated carbocycles. The Kier molecular flexibility index (Phi) is 6.19. The number of rotatable bonds is 7. The van der Waals surface area contributed by atoms with Crippen LogP contribution in [-0.2, 0) is 14.8 Å². The van der Waals surface area contributed by atoms with Crippen molar-refractivity contribution < 1.29 is 26.3 Å². The first-order chi connectivity index (χ1) is 16.6. The van der Waals surface area contributed by atoms with Gasteiger partial charge in [-0.25, -0.2) is 21.6 Å². The molecule has 5 rings (SSSR count). The van der Waals surface area contributed by atoms with Gasteiger partial charge in [-0.1, -0.05) is 16.6 Å². The van der Waals surface area contributed by atoms with Crippen molar-refractivity contribution in [2.24, 2.45) is 0 Å². The summed E-state index contributed by atoms with van der Waals surface area (Å²) in [4.78, 5) is 1.83. The van der Waals surface area contributed by atoms with Crippen LogP contribution < -0.4 is 14.9 Å². The summed E-state index contributed by atoms with van der Waals surface area (Å²) in [6.45, 7) is 4.04. The van der Waals surface area contributed by atoms with Gasteiger partial charge in [0.15, 0.2) is 15.7 Å². The maximum absolute atomic E-state index is 13.6. The van der Waals surface area contributed by atoms with Gasteiger partial charge in [0.1, 0.15) is 23.5 Å². The number of sulfonamides is 1. The van der Waals surface area contributed by atoms with E-state index in [1.165, 1.54) is 16.6 Å². The number of piperazine rings is 1. The highest BCUT2D eigenvalue weighted by Crippen LogP contribution is 2.34. The van der Waals surface area contributed by atoms with Crippen molar-refractivity contribution in [1.82, 2.24) is 35.1 Å². The first kappa shape index (κ1) is 24.3. The van der Waals surface area contributed by atoms with E-state index in [4.69, 9.17) is 4.74 Å². The smallest absolute Gasteiger partial charge is 0.291 e. The fraction of sp³-hybridized carbons (Fsp3) is 0.579. The van der Waals surface area contributed by atoms with Gasteiger partial charge in [-0.3, -0.25) is 0 Å². The highest BCUT2D eigenvalue weighted by molar-refractivity contribution is 7.89. The first-order valence-electron chi connectivity index (χ1n) is 10.8. The van der Waals surface area contributed by atoms with E-state index in [-0.39, 0.29) is 46.4 Å². The second-order valence-electron chi connectivity index (χ2n) is 8.92. The molecule has 2 fully saturated rings. The van der Waals surface area contributed by atoms with Crippen molar-refractivity contribution in [3.63, 3.8) is 0 Å². The molecular formula is C19H23F3N8O3S2. The minimum absolute atomic E-state index is 0.0780. The number of nitrogens with zero attached hydrogens (tertiary/aromatic N) is 6. The van der Waals surface area contributed by atoms with Crippen LogP contribution in [0.25, 0.3) is 16.2 Å². The number of nitrogens with one attached hydrogen (secondary N) is 2. The van der Waals surface area contributed by atoms with Crippen molar-refractivity contribution in [1.29, 1.82) is 0 Å². The van der Waals surface area contributed by atoms with Crippen molar-refractivity contribution in [3.05, 3.63) is 17.1 Å². The summed E-state index contributed by atoms with van der Waals surface area (Å²) in [5.74, 6) is 0.444. The lowest BCUT2D eigenvalue weighted by Crippen LogP contribution is -2.63. The van der Waals surface area contributed by atoms with Crippen LogP contribution in [0.3, 0.4) is 0 Å². The average Bonchev–Trinajstić information content (AvgIpc) is 3.42. The van der Waals surface area contributed by atoms with Crippen LogP contribution in [-0.4, -0.2) is 84.0 Å². The number of fused-ring (bicyclic) bond motifs is 1. The zero-order valence-corrected chi connectivity index (χ0v) is 20.4. The molecule has 0 aliphatic carbocycles. The van der Waals surface area contributed by atoms with Crippen LogP contribution in [0.5, 0.6) is 0 Å². The minimum atomic E-state index is -4.19. The molecule has 16 heteroatoms. The lowest BCUT2D eigenvalue weighted by molar-refractivity contribution is -0.0725. The molecule has 0 aromatic carbocycles. The Morgan fingerprint density at radius 2 is 1.94 bits per heavy atom. The molecule has 0 bridgehead atoms. The maximum atomic E-state index is 13.6. The molecule has 2 aliphatic rings. The molecule has 0 amide bonds. The second kappa shape index (κ2) is 8.92. The molecule has 35 heavy (non-hydrogen) atoms. The minimum Gasteiger partial charge on any atom is -0.377 e. The average molecular weight is 533 g/mol. The number of halogens is 3. The van der Waals surface area contributed by atoms with E-state index in [1.807, 2.05) is 18.7 Å². The fourth-order valence-corrected chi connectivity index (χ4v) is 6.35. The Bertz CT molecular complexity index is 1330. The van der Waals surface area contributed by atoms with E-state index in [9.17, 15) is 21.6 Å². The zero-order valence-electron chi connectivity index (χ0n) is 18.8. The van der Waals surface area contributed by atoms with Crippen LogP contribution in [0.1, 0.15) is 25.3 Å². The van der Waals surface area contributed by atoms with Gasteiger partial charge in [0.2, 0.25) is 10.0 Å². The quantitative estimate of drug-likeness (QED) is 0.464. The predicted octanol–water partition coefficient (Wildman–Crippen LogP) is 1.39. The van der Waals surface area contributed by atoms with Crippen LogP contribution in [0, 0.1) is 0 Å². The lowest BCUT2D eigenvalue weighted by Gasteiger charge is -2.39. The number of hydrogen-bond donors (Lipinski definition) is 2. The van der Waals surface area contributed by atoms with E-state index >= 15 is 0 Å². The molecule has 190 valence electrons. The molecular weight excluding hydrogens is 509 g/mol. The molecule has 0 unspecified atom stereocenters. The molecule has 2 aliphatic heterocycles. The number of pyridine rings is 1. The first-order valence-corrected chi connectivity index (χ1v) is 13.1. The van der Waals surface area contributed by atoms with Crippen molar-refractivity contribution in [2.75, 3.05) is 37.9 Å². The molecule has 3 aromatic rings. The third-order valence-corrected chi connectivity index (χ3v) is 8.35. The summed E-state index contributed by atoms with van der Waals surface area (Å²) in [6, 6.07) is 2.99. The SMILES string of the molecule is C[C@H]1CN(c2cc(S(=O)(=O)NC3(CF)COC3)cc3c(-c4nnc(C(F)F)s4)nnn23)C[C@H](C)N1. The van der Waals surface area contributed by atoms with E-state index in [0.29, 0.717) is 30.2 Å². The van der Waals surface area contributed by atoms with Crippen molar-refractivity contribution >= 4 is 32.7 Å². The summed E-state index contributed by atoms with van der Waals surface area (Å²) < 4.78 is 75.4. The van der Waals surface area contributed by atoms with Crippen LogP contribution >= 0.6 is 11.3 Å². The lowest BCUT2D eigenvalue weighted by atomic mass is 10.0. The Balaban J connectivity index is 1.65. The van der Waals surface area contributed by atoms with Crippen molar-refractivity contribution in [3.8, 4) is 10.7 Å². The van der Waals surface area contributed by atoms with Gasteiger partial charge in [0.05, 0.1) is 18.1 Å². The normalized spacial score (nSPS) is 22.6. The molecule has 2 N–H and O–H groups in total. The number of aromatic nitrogens is 5. The molecule has 2 atom stereocenters. The zero-order chi connectivity index (χ0) is 25.0. The molecule has 11 nitrogen and oxygen atoms in total. The van der Waals surface area contributed by atoms with Crippen LogP contribution in [0.2, 0.25) is 0 Å². The highest BCUT2D eigenvalue weighted by atomic mass is 32.2. The van der Waals surface area contributed by atoms with Gasteiger partial charge in [-0.2, -0.15) is 9.24 Å². The monoisotopic (exact) mass is 532 g/mol. The van der Waals surface area contributed by atoms with Gasteiger partial charge in [0, 0.05) is 31.2 Å². The number of hydrogen-bond acceptors (Lipinski definition) is 10. The summed E-state index contributed by atoms with van der Waals surface area (Å²) in [5.41, 5.74) is -0.954. The third kappa shape index (κ3) is 4.48. The van der Waals surface area contributed by atoms with Gasteiger partial charge in [-0.15, -0.1) is 15.3 Å². The standard InChI is InChI=1S/C19H23F3N8O3S2/c1-10-5-29(6-11(2)23-10)14-4-12(35(31,32)27-19(7-20)8-33-9-19)3-13-15(24-28-30(13)14)17-25-26-18(34-17)16(21)22/h3-4,10-11,16,23,27H,5-9H2,1-2H3/t10-,11-/m0/s1. The number of ether oxygens (including phenoxy) is 1. The van der Waals surface area contributed by atoms with Gasteiger partial charge < -0.3 is 15.0 Å². The van der Waals surface area contributed by atoms with E-state index in [2.05, 4.69) is 30.5 Å². The summed E-state index contributed by atoms with van der Waals surface area (Å²) in [7, 11) is -4.19. The fourth-order valence-electron chi connectivity index (χ4n) is 4.27. The Morgan fingerprint density at radius 3 is 2.51 bits per heavy atom. The highest BCUT2D eigenvalue weighted by Gasteiger charge is 2.43. The maximum Gasteiger partial charge on any atom is 0.291 e. The predicted molar refractivity (Wildman–Crippen MR) is 121 cm³/mol. The largest absolute Gasteiger partial charge is 0.377 e. The van der Waals surface area contributed by atoms with Gasteiger partial charge in [-0.05, 0) is 19.9 Å². The van der Waals surface area contributed by atoms with Gasteiger partial charge >= 0.3 is 0 Å². The van der Waals surface area contributed by atoms with E-state index in [1.54, 1.807) is 0 Å². The van der Waals surface area contributed by atoms with Gasteiger partial charge in [0.25, 0.3) is 6.43 Å². The van der Waals surface area contributed by atoms with Crippen LogP contribution in [0.4, 0.5) is 19.0 Å². The molecule has 2 saturated heterocycles. The molecule has 3 aromatic heterocycles. The Labute approximate surface area is 202 Å². The van der Waals surface area contributed by atoms with Crippen LogP contribution in [0.15, 0.2) is 17.0 Å². The Hall–Kier alpha value is -2.40. The molecule has 0 spiro atoms.